The van der Waals surface area contributed by atoms with Gasteiger partial charge in [0.25, 0.3) is 0 Å². The molecule has 0 aromatic carbocycles. The summed E-state index contributed by atoms with van der Waals surface area (Å²) in [6.45, 7) is 1.53. The van der Waals surface area contributed by atoms with Gasteiger partial charge in [-0.1, -0.05) is 0 Å². The molecule has 0 aromatic heterocycles. The van der Waals surface area contributed by atoms with Crippen molar-refractivity contribution in [3.63, 3.8) is 0 Å². The summed E-state index contributed by atoms with van der Waals surface area (Å²) in [5.41, 5.74) is -0.670. The molecular formula is C7H12O2S. The lowest BCUT2D eigenvalue weighted by Crippen LogP contribution is -2.30. The van der Waals surface area contributed by atoms with E-state index in [1.807, 2.05) is 0 Å². The molecule has 0 aliphatic carbocycles. The fraction of sp³-hybridized carbons (Fsp3) is 0.857. The monoisotopic (exact) mass is 160 g/mol. The summed E-state index contributed by atoms with van der Waals surface area (Å²) in [5, 5.41) is 9.62. The summed E-state index contributed by atoms with van der Waals surface area (Å²) in [5.74, 6) is 1.81. The number of rotatable bonds is 2. The van der Waals surface area contributed by atoms with Crippen molar-refractivity contribution in [2.75, 3.05) is 11.5 Å². The fourth-order valence-electron chi connectivity index (χ4n) is 1.20. The van der Waals surface area contributed by atoms with Crippen LogP contribution < -0.4 is 0 Å². The zero-order chi connectivity index (χ0) is 7.61. The van der Waals surface area contributed by atoms with E-state index in [0.717, 1.165) is 17.9 Å². The van der Waals surface area contributed by atoms with Crippen molar-refractivity contribution in [1.82, 2.24) is 0 Å². The number of carbonyl (C=O) groups excluding carboxylic acids is 1. The average molecular weight is 160 g/mol. The number of ketones is 1. The van der Waals surface area contributed by atoms with Crippen LogP contribution in [0.1, 0.15) is 19.8 Å². The topological polar surface area (TPSA) is 37.3 Å². The Hall–Kier alpha value is -0.0200. The maximum absolute atomic E-state index is 10.6. The van der Waals surface area contributed by atoms with Gasteiger partial charge in [-0.25, -0.2) is 0 Å². The summed E-state index contributed by atoms with van der Waals surface area (Å²) in [4.78, 5) is 10.6. The quantitative estimate of drug-likeness (QED) is 0.650. The molecule has 0 spiro atoms. The highest BCUT2D eigenvalue weighted by Gasteiger charge is 2.32. The van der Waals surface area contributed by atoms with Gasteiger partial charge >= 0.3 is 0 Å². The van der Waals surface area contributed by atoms with Crippen LogP contribution in [0.2, 0.25) is 0 Å². The van der Waals surface area contributed by atoms with Crippen LogP contribution in [0.4, 0.5) is 0 Å². The Bertz CT molecular complexity index is 139. The van der Waals surface area contributed by atoms with Crippen molar-refractivity contribution in [3.8, 4) is 0 Å². The van der Waals surface area contributed by atoms with E-state index in [9.17, 15) is 9.90 Å². The van der Waals surface area contributed by atoms with Gasteiger partial charge in [-0.05, 0) is 19.1 Å². The van der Waals surface area contributed by atoms with Crippen molar-refractivity contribution in [3.05, 3.63) is 0 Å². The second kappa shape index (κ2) is 2.93. The first-order valence-electron chi connectivity index (χ1n) is 3.42. The van der Waals surface area contributed by atoms with Gasteiger partial charge in [0.2, 0.25) is 0 Å². The Morgan fingerprint density at radius 3 is 2.90 bits per heavy atom. The first-order valence-corrected chi connectivity index (χ1v) is 4.57. The summed E-state index contributed by atoms with van der Waals surface area (Å²) < 4.78 is 0. The Morgan fingerprint density at radius 1 is 1.80 bits per heavy atom. The molecule has 3 heteroatoms. The minimum absolute atomic E-state index is 0.0880. The molecule has 1 atom stereocenters. The van der Waals surface area contributed by atoms with Crippen LogP contribution in [0, 0.1) is 0 Å². The summed E-state index contributed by atoms with van der Waals surface area (Å²) in [6, 6.07) is 0. The summed E-state index contributed by atoms with van der Waals surface area (Å²) in [7, 11) is 0. The van der Waals surface area contributed by atoms with E-state index >= 15 is 0 Å². The molecule has 58 valence electrons. The van der Waals surface area contributed by atoms with Crippen LogP contribution in [0.5, 0.6) is 0 Å². The van der Waals surface area contributed by atoms with Crippen LogP contribution in [-0.2, 0) is 4.79 Å². The molecule has 1 N–H and O–H groups in total. The van der Waals surface area contributed by atoms with Gasteiger partial charge in [0.15, 0.2) is 0 Å². The Balaban J connectivity index is 2.43. The standard InChI is InChI=1S/C7H12O2S/c1-6(8)4-7(9)2-3-10-5-7/h9H,2-5H2,1H3. The molecule has 1 heterocycles. The lowest BCUT2D eigenvalue weighted by atomic mass is 9.97. The van der Waals surface area contributed by atoms with Crippen LogP contribution in [0.25, 0.3) is 0 Å². The second-order valence-electron chi connectivity index (χ2n) is 2.91. The maximum Gasteiger partial charge on any atom is 0.132 e. The highest BCUT2D eigenvalue weighted by atomic mass is 32.2. The van der Waals surface area contributed by atoms with E-state index in [1.165, 1.54) is 6.92 Å². The number of hydrogen-bond acceptors (Lipinski definition) is 3. The average Bonchev–Trinajstić information content (AvgIpc) is 2.12. The normalized spacial score (nSPS) is 32.6. The molecule has 1 fully saturated rings. The minimum atomic E-state index is -0.670. The molecule has 2 nitrogen and oxygen atoms in total. The van der Waals surface area contributed by atoms with Crippen molar-refractivity contribution >= 4 is 17.5 Å². The molecule has 1 aliphatic rings. The Labute approximate surface area is 65.0 Å². The zero-order valence-electron chi connectivity index (χ0n) is 6.09. The first kappa shape index (κ1) is 8.08. The molecule has 0 bridgehead atoms. The smallest absolute Gasteiger partial charge is 0.132 e. The van der Waals surface area contributed by atoms with E-state index < -0.39 is 5.60 Å². The highest BCUT2D eigenvalue weighted by molar-refractivity contribution is 7.99. The van der Waals surface area contributed by atoms with Crippen LogP contribution in [0.15, 0.2) is 0 Å². The summed E-state index contributed by atoms with van der Waals surface area (Å²) in [6.07, 6.45) is 1.11. The molecule has 0 radical (unpaired) electrons. The predicted molar refractivity (Wildman–Crippen MR) is 42.2 cm³/mol. The number of carbonyl (C=O) groups is 1. The van der Waals surface area contributed by atoms with Gasteiger partial charge in [-0.2, -0.15) is 11.8 Å². The third-order valence-corrected chi connectivity index (χ3v) is 2.89. The second-order valence-corrected chi connectivity index (χ2v) is 4.01. The predicted octanol–water partition coefficient (Wildman–Crippen LogP) is 0.833. The fourth-order valence-corrected chi connectivity index (χ4v) is 2.49. The van der Waals surface area contributed by atoms with Gasteiger partial charge in [0, 0.05) is 12.2 Å². The van der Waals surface area contributed by atoms with Crippen molar-refractivity contribution in [2.24, 2.45) is 0 Å². The minimum Gasteiger partial charge on any atom is -0.389 e. The van der Waals surface area contributed by atoms with Gasteiger partial charge in [0.05, 0.1) is 5.60 Å². The zero-order valence-corrected chi connectivity index (χ0v) is 6.91. The van der Waals surface area contributed by atoms with Crippen molar-refractivity contribution < 1.29 is 9.90 Å². The van der Waals surface area contributed by atoms with Gasteiger partial charge in [-0.3, -0.25) is 4.79 Å². The van der Waals surface area contributed by atoms with Crippen LogP contribution in [-0.4, -0.2) is 28.0 Å². The third kappa shape index (κ3) is 1.99. The molecule has 1 aliphatic heterocycles. The Morgan fingerprint density at radius 2 is 2.50 bits per heavy atom. The Kier molecular flexibility index (Phi) is 2.36. The largest absolute Gasteiger partial charge is 0.389 e. The summed E-state index contributed by atoms with van der Waals surface area (Å²) >= 11 is 1.72. The van der Waals surface area contributed by atoms with E-state index in [4.69, 9.17) is 0 Å². The molecule has 0 amide bonds. The molecule has 0 aromatic rings. The van der Waals surface area contributed by atoms with Crippen LogP contribution >= 0.6 is 11.8 Å². The maximum atomic E-state index is 10.6. The number of Topliss-reactive ketones (excluding diaryl/α,β-unsaturated/α-hetero) is 1. The highest BCUT2D eigenvalue weighted by Crippen LogP contribution is 2.30. The SMILES string of the molecule is CC(=O)CC1(O)CCSC1. The molecule has 1 unspecified atom stereocenters. The third-order valence-electron chi connectivity index (χ3n) is 1.66. The van der Waals surface area contributed by atoms with E-state index in [1.54, 1.807) is 11.8 Å². The van der Waals surface area contributed by atoms with Gasteiger partial charge in [-0.15, -0.1) is 0 Å². The van der Waals surface area contributed by atoms with Gasteiger partial charge in [0.1, 0.15) is 5.78 Å². The lowest BCUT2D eigenvalue weighted by Gasteiger charge is -2.18. The number of thioether (sulfide) groups is 1. The van der Waals surface area contributed by atoms with E-state index in [0.29, 0.717) is 6.42 Å². The molecular weight excluding hydrogens is 148 g/mol. The lowest BCUT2D eigenvalue weighted by molar-refractivity contribution is -0.121. The molecule has 1 saturated heterocycles. The van der Waals surface area contributed by atoms with E-state index in [-0.39, 0.29) is 5.78 Å². The molecule has 10 heavy (non-hydrogen) atoms. The van der Waals surface area contributed by atoms with Crippen LogP contribution in [0.3, 0.4) is 0 Å². The first-order chi connectivity index (χ1) is 4.62. The number of hydrogen-bond donors (Lipinski definition) is 1. The molecule has 1 rings (SSSR count). The molecule has 0 saturated carbocycles. The number of aliphatic hydroxyl groups is 1. The van der Waals surface area contributed by atoms with Crippen molar-refractivity contribution in [1.29, 1.82) is 0 Å². The van der Waals surface area contributed by atoms with Gasteiger partial charge < -0.3 is 5.11 Å². The van der Waals surface area contributed by atoms with Crippen molar-refractivity contribution in [2.45, 2.75) is 25.4 Å². The van der Waals surface area contributed by atoms with E-state index in [2.05, 4.69) is 0 Å².